The van der Waals surface area contributed by atoms with Crippen LogP contribution in [0.5, 0.6) is 0 Å². The lowest BCUT2D eigenvalue weighted by atomic mass is 10.2. The van der Waals surface area contributed by atoms with Gasteiger partial charge in [0.25, 0.3) is 0 Å². The number of nitrogens with zero attached hydrogens (tertiary/aromatic N) is 5. The number of nitrogens with one attached hydrogen (secondary N) is 2. The molecule has 4 rings (SSSR count). The van der Waals surface area contributed by atoms with Crippen LogP contribution >= 0.6 is 0 Å². The fraction of sp³-hybridized carbons (Fsp3) is 0.176. The van der Waals surface area contributed by atoms with E-state index in [4.69, 9.17) is 0 Å². The Kier molecular flexibility index (Phi) is 3.66. The van der Waals surface area contributed by atoms with E-state index in [2.05, 4.69) is 55.6 Å². The van der Waals surface area contributed by atoms with Crippen molar-refractivity contribution in [1.82, 2.24) is 29.7 Å². The molecule has 1 unspecified atom stereocenters. The van der Waals surface area contributed by atoms with Crippen LogP contribution in [0.4, 0.5) is 5.82 Å². The summed E-state index contributed by atoms with van der Waals surface area (Å²) in [5.74, 6) is 0.737. The Balaban J connectivity index is 1.51. The largest absolute Gasteiger partial charge is 0.362 e. The van der Waals surface area contributed by atoms with E-state index in [0.717, 1.165) is 23.4 Å². The smallest absolute Gasteiger partial charge is 0.182 e. The number of anilines is 1. The molecule has 0 radical (unpaired) electrons. The van der Waals surface area contributed by atoms with Crippen molar-refractivity contribution in [3.63, 3.8) is 0 Å². The molecule has 0 saturated heterocycles. The molecule has 1 aromatic carbocycles. The molecule has 0 bridgehead atoms. The van der Waals surface area contributed by atoms with E-state index in [-0.39, 0.29) is 6.04 Å². The Labute approximate surface area is 138 Å². The maximum absolute atomic E-state index is 4.45. The second kappa shape index (κ2) is 6.11. The van der Waals surface area contributed by atoms with Gasteiger partial charge in [0.05, 0.1) is 25.1 Å². The first-order chi connectivity index (χ1) is 11.8. The van der Waals surface area contributed by atoms with Crippen LogP contribution in [-0.2, 0) is 6.54 Å². The molecular formula is C17H17N7. The number of hydrogen-bond donors (Lipinski definition) is 2. The van der Waals surface area contributed by atoms with Crippen molar-refractivity contribution in [1.29, 1.82) is 0 Å². The van der Waals surface area contributed by atoms with E-state index < -0.39 is 0 Å². The van der Waals surface area contributed by atoms with E-state index in [0.29, 0.717) is 5.65 Å². The molecule has 7 heteroatoms. The molecule has 0 aliphatic rings. The predicted octanol–water partition coefficient (Wildman–Crippen LogP) is 2.77. The Morgan fingerprint density at radius 1 is 1.17 bits per heavy atom. The molecular weight excluding hydrogens is 302 g/mol. The minimum absolute atomic E-state index is 0.0657. The van der Waals surface area contributed by atoms with Gasteiger partial charge in [-0.3, -0.25) is 4.68 Å². The number of benzene rings is 1. The maximum atomic E-state index is 4.45. The number of aromatic nitrogens is 6. The molecule has 0 aliphatic heterocycles. The van der Waals surface area contributed by atoms with Gasteiger partial charge in [-0.1, -0.05) is 30.3 Å². The molecule has 4 aromatic rings. The minimum Gasteiger partial charge on any atom is -0.362 e. The molecule has 3 heterocycles. The highest BCUT2D eigenvalue weighted by molar-refractivity contribution is 5.82. The molecule has 120 valence electrons. The molecule has 0 fully saturated rings. The number of imidazole rings is 1. The average molecular weight is 319 g/mol. The third kappa shape index (κ3) is 2.83. The first kappa shape index (κ1) is 14.4. The predicted molar refractivity (Wildman–Crippen MR) is 91.5 cm³/mol. The van der Waals surface area contributed by atoms with E-state index in [1.165, 1.54) is 11.9 Å². The highest BCUT2D eigenvalue weighted by atomic mass is 15.3. The van der Waals surface area contributed by atoms with E-state index in [1.54, 1.807) is 6.33 Å². The molecule has 0 amide bonds. The summed E-state index contributed by atoms with van der Waals surface area (Å²) < 4.78 is 1.94. The molecule has 24 heavy (non-hydrogen) atoms. The fourth-order valence-electron chi connectivity index (χ4n) is 2.62. The standard InChI is InChI=1S/C17H17N7/c1-12(23-17-15-16(19-10-18-15)20-11-21-17)14-7-22-24(9-14)8-13-5-3-2-4-6-13/h2-7,9-12H,8H2,1H3,(H2,18,19,20,21,23). The summed E-state index contributed by atoms with van der Waals surface area (Å²) >= 11 is 0. The number of H-pyrrole nitrogens is 1. The van der Waals surface area contributed by atoms with Crippen LogP contribution in [0.15, 0.2) is 55.4 Å². The van der Waals surface area contributed by atoms with Crippen molar-refractivity contribution in [2.75, 3.05) is 5.32 Å². The van der Waals surface area contributed by atoms with Gasteiger partial charge in [0, 0.05) is 11.8 Å². The van der Waals surface area contributed by atoms with E-state index in [1.807, 2.05) is 29.1 Å². The highest BCUT2D eigenvalue weighted by Gasteiger charge is 2.12. The van der Waals surface area contributed by atoms with Gasteiger partial charge in [0.15, 0.2) is 11.5 Å². The summed E-state index contributed by atoms with van der Waals surface area (Å²) in [6.45, 7) is 2.83. The second-order valence-electron chi connectivity index (χ2n) is 5.65. The van der Waals surface area contributed by atoms with Crippen LogP contribution in [0, 0.1) is 0 Å². The van der Waals surface area contributed by atoms with Crippen LogP contribution in [0.3, 0.4) is 0 Å². The number of hydrogen-bond acceptors (Lipinski definition) is 5. The summed E-state index contributed by atoms with van der Waals surface area (Å²) in [5, 5.41) is 7.84. The summed E-state index contributed by atoms with van der Waals surface area (Å²) in [6.07, 6.45) is 7.06. The van der Waals surface area contributed by atoms with Gasteiger partial charge in [-0.15, -0.1) is 0 Å². The second-order valence-corrected chi connectivity index (χ2v) is 5.65. The molecule has 7 nitrogen and oxygen atoms in total. The molecule has 0 saturated carbocycles. The van der Waals surface area contributed by atoms with Crippen LogP contribution in [0.1, 0.15) is 24.1 Å². The molecule has 2 N–H and O–H groups in total. The molecule has 0 spiro atoms. The third-order valence-corrected chi connectivity index (χ3v) is 3.92. The van der Waals surface area contributed by atoms with Crippen LogP contribution in [0.25, 0.3) is 11.2 Å². The molecule has 1 atom stereocenters. The molecule has 0 aliphatic carbocycles. The monoisotopic (exact) mass is 319 g/mol. The normalized spacial score (nSPS) is 12.4. The quantitative estimate of drug-likeness (QED) is 0.591. The first-order valence-electron chi connectivity index (χ1n) is 7.76. The lowest BCUT2D eigenvalue weighted by Gasteiger charge is -2.12. The van der Waals surface area contributed by atoms with Gasteiger partial charge >= 0.3 is 0 Å². The van der Waals surface area contributed by atoms with Crippen molar-refractivity contribution in [2.45, 2.75) is 19.5 Å². The van der Waals surface area contributed by atoms with Gasteiger partial charge in [0.1, 0.15) is 11.8 Å². The van der Waals surface area contributed by atoms with Crippen molar-refractivity contribution in [2.24, 2.45) is 0 Å². The van der Waals surface area contributed by atoms with Gasteiger partial charge in [-0.2, -0.15) is 5.10 Å². The Hall–Kier alpha value is -3.22. The van der Waals surface area contributed by atoms with Gasteiger partial charge < -0.3 is 10.3 Å². The maximum Gasteiger partial charge on any atom is 0.182 e. The zero-order valence-electron chi connectivity index (χ0n) is 13.2. The third-order valence-electron chi connectivity index (χ3n) is 3.92. The topological polar surface area (TPSA) is 84.3 Å². The zero-order valence-corrected chi connectivity index (χ0v) is 13.2. The Morgan fingerprint density at radius 2 is 2.04 bits per heavy atom. The lowest BCUT2D eigenvalue weighted by Crippen LogP contribution is -2.08. The van der Waals surface area contributed by atoms with E-state index >= 15 is 0 Å². The highest BCUT2D eigenvalue weighted by Crippen LogP contribution is 2.21. The zero-order chi connectivity index (χ0) is 16.4. The molecule has 3 aromatic heterocycles. The Bertz CT molecular complexity index is 942. The Morgan fingerprint density at radius 3 is 2.92 bits per heavy atom. The number of fused-ring (bicyclic) bond motifs is 1. The summed E-state index contributed by atoms with van der Waals surface area (Å²) in [5.41, 5.74) is 3.78. The first-order valence-corrected chi connectivity index (χ1v) is 7.76. The van der Waals surface area contributed by atoms with Crippen LogP contribution in [-0.4, -0.2) is 29.7 Å². The summed E-state index contributed by atoms with van der Waals surface area (Å²) in [6, 6.07) is 10.3. The summed E-state index contributed by atoms with van der Waals surface area (Å²) in [7, 11) is 0. The number of rotatable bonds is 5. The van der Waals surface area contributed by atoms with E-state index in [9.17, 15) is 0 Å². The van der Waals surface area contributed by atoms with Crippen LogP contribution < -0.4 is 5.32 Å². The lowest BCUT2D eigenvalue weighted by molar-refractivity contribution is 0.685. The van der Waals surface area contributed by atoms with Crippen molar-refractivity contribution < 1.29 is 0 Å². The van der Waals surface area contributed by atoms with Gasteiger partial charge in [-0.25, -0.2) is 15.0 Å². The van der Waals surface area contributed by atoms with Crippen LogP contribution in [0.2, 0.25) is 0 Å². The fourth-order valence-corrected chi connectivity index (χ4v) is 2.62. The van der Waals surface area contributed by atoms with Gasteiger partial charge in [0.2, 0.25) is 0 Å². The van der Waals surface area contributed by atoms with Crippen molar-refractivity contribution in [3.05, 3.63) is 66.5 Å². The SMILES string of the molecule is CC(Nc1ncnc2nc[nH]c12)c1cnn(Cc2ccccc2)c1. The minimum atomic E-state index is 0.0657. The van der Waals surface area contributed by atoms with Crippen molar-refractivity contribution >= 4 is 17.0 Å². The van der Waals surface area contributed by atoms with Gasteiger partial charge in [-0.05, 0) is 12.5 Å². The summed E-state index contributed by atoms with van der Waals surface area (Å²) in [4.78, 5) is 15.6. The number of aromatic amines is 1. The average Bonchev–Trinajstić information content (AvgIpc) is 3.25. The van der Waals surface area contributed by atoms with Crippen molar-refractivity contribution in [3.8, 4) is 0 Å².